The van der Waals surface area contributed by atoms with Crippen LogP contribution >= 0.6 is 11.6 Å². The molecule has 2 N–H and O–H groups in total. The van der Waals surface area contributed by atoms with Crippen LogP contribution in [0.25, 0.3) is 0 Å². The van der Waals surface area contributed by atoms with Gasteiger partial charge < -0.3 is 20.3 Å². The summed E-state index contributed by atoms with van der Waals surface area (Å²) in [6.45, 7) is 8.56. The Morgan fingerprint density at radius 3 is 2.61 bits per heavy atom. The van der Waals surface area contributed by atoms with Crippen molar-refractivity contribution in [1.82, 2.24) is 20.4 Å². The summed E-state index contributed by atoms with van der Waals surface area (Å²) in [6, 6.07) is 8.91. The lowest BCUT2D eigenvalue weighted by Gasteiger charge is -2.32. The molecule has 1 aromatic carbocycles. The molecule has 0 unspecified atom stereocenters. The monoisotopic (exact) mass is 473 g/mol. The van der Waals surface area contributed by atoms with Crippen molar-refractivity contribution in [3.8, 4) is 0 Å². The molecule has 0 atom stereocenters. The number of rotatable bonds is 8. The van der Waals surface area contributed by atoms with E-state index in [0.29, 0.717) is 18.2 Å². The number of carbonyl (C=O) groups excluding carboxylic acids is 2. The number of hydrogen-bond donors (Lipinski definition) is 2. The molecule has 33 heavy (non-hydrogen) atoms. The third-order valence-electron chi connectivity index (χ3n) is 5.38. The smallest absolute Gasteiger partial charge is 0.340 e. The highest BCUT2D eigenvalue weighted by molar-refractivity contribution is 6.36. The maximum Gasteiger partial charge on any atom is 0.340 e. The van der Waals surface area contributed by atoms with Crippen LogP contribution in [0.1, 0.15) is 49.7 Å². The van der Waals surface area contributed by atoms with Crippen molar-refractivity contribution in [3.63, 3.8) is 0 Å². The molecule has 1 aliphatic rings. The Labute approximate surface area is 200 Å². The standard InChI is InChI=1S/C24H32ClN5O3/c1-24(2,3)33-23(32)19-7-4-8-20(22(19)25)27-16-21(31)30-12-9-17(10-13-30)14-26-15-18-6-5-11-28-29-18/h4-8,11,17,26-27H,9-10,12-16H2,1-3H3. The van der Waals surface area contributed by atoms with Crippen LogP contribution in [0, 0.1) is 5.92 Å². The molecule has 1 saturated heterocycles. The van der Waals surface area contributed by atoms with E-state index in [0.717, 1.165) is 38.2 Å². The molecular weight excluding hydrogens is 442 g/mol. The van der Waals surface area contributed by atoms with E-state index in [-0.39, 0.29) is 23.0 Å². The van der Waals surface area contributed by atoms with Crippen molar-refractivity contribution in [1.29, 1.82) is 0 Å². The van der Waals surface area contributed by atoms with Gasteiger partial charge in [-0.1, -0.05) is 17.7 Å². The topological polar surface area (TPSA) is 96.5 Å². The second kappa shape index (κ2) is 11.4. The van der Waals surface area contributed by atoms with Gasteiger partial charge in [0.05, 0.1) is 28.5 Å². The minimum atomic E-state index is -0.614. The molecule has 0 radical (unpaired) electrons. The van der Waals surface area contributed by atoms with Crippen LogP contribution < -0.4 is 10.6 Å². The van der Waals surface area contributed by atoms with E-state index in [1.807, 2.05) is 17.0 Å². The van der Waals surface area contributed by atoms with E-state index in [4.69, 9.17) is 16.3 Å². The molecule has 0 spiro atoms. The number of nitrogens with zero attached hydrogens (tertiary/aromatic N) is 3. The third kappa shape index (κ3) is 7.68. The summed E-state index contributed by atoms with van der Waals surface area (Å²) in [5.74, 6) is 0.0517. The normalized spacial score (nSPS) is 14.7. The minimum absolute atomic E-state index is 0.0136. The molecule has 1 aliphatic heterocycles. The van der Waals surface area contributed by atoms with Gasteiger partial charge in [-0.25, -0.2) is 4.79 Å². The zero-order chi connectivity index (χ0) is 23.8. The molecule has 1 fully saturated rings. The molecule has 1 amide bonds. The van der Waals surface area contributed by atoms with Crippen LogP contribution in [0.15, 0.2) is 36.5 Å². The van der Waals surface area contributed by atoms with Crippen molar-refractivity contribution in [2.45, 2.75) is 45.8 Å². The van der Waals surface area contributed by atoms with Crippen molar-refractivity contribution in [2.75, 3.05) is 31.5 Å². The fraction of sp³-hybridized carbons (Fsp3) is 0.500. The molecule has 2 aromatic rings. The second-order valence-corrected chi connectivity index (χ2v) is 9.57. The van der Waals surface area contributed by atoms with Gasteiger partial charge >= 0.3 is 5.97 Å². The molecule has 1 aromatic heterocycles. The Morgan fingerprint density at radius 2 is 1.94 bits per heavy atom. The number of carbonyl (C=O) groups is 2. The number of esters is 1. The van der Waals surface area contributed by atoms with E-state index in [9.17, 15) is 9.59 Å². The Kier molecular flexibility index (Phi) is 8.63. The molecule has 178 valence electrons. The largest absolute Gasteiger partial charge is 0.456 e. The van der Waals surface area contributed by atoms with Gasteiger partial charge in [0, 0.05) is 25.8 Å². The SMILES string of the molecule is CC(C)(C)OC(=O)c1cccc(NCC(=O)N2CCC(CNCc3cccnn3)CC2)c1Cl. The van der Waals surface area contributed by atoms with E-state index in [1.54, 1.807) is 45.2 Å². The summed E-state index contributed by atoms with van der Waals surface area (Å²) in [6.07, 6.45) is 3.57. The van der Waals surface area contributed by atoms with Crippen molar-refractivity contribution < 1.29 is 14.3 Å². The number of amides is 1. The molecule has 0 aliphatic carbocycles. The second-order valence-electron chi connectivity index (χ2n) is 9.19. The first-order valence-electron chi connectivity index (χ1n) is 11.2. The number of hydrogen-bond acceptors (Lipinski definition) is 7. The van der Waals surface area contributed by atoms with Gasteiger partial charge in [0.15, 0.2) is 0 Å². The van der Waals surface area contributed by atoms with Crippen LogP contribution in [-0.4, -0.2) is 58.8 Å². The van der Waals surface area contributed by atoms with Gasteiger partial charge in [-0.3, -0.25) is 4.79 Å². The number of benzene rings is 1. The Hall–Kier alpha value is -2.71. The highest BCUT2D eigenvalue weighted by Crippen LogP contribution is 2.28. The van der Waals surface area contributed by atoms with Gasteiger partial charge in [-0.15, -0.1) is 0 Å². The van der Waals surface area contributed by atoms with Gasteiger partial charge in [0.1, 0.15) is 5.60 Å². The summed E-state index contributed by atoms with van der Waals surface area (Å²) < 4.78 is 5.41. The van der Waals surface area contributed by atoms with Crippen LogP contribution in [0.2, 0.25) is 5.02 Å². The molecule has 0 saturated carbocycles. The lowest BCUT2D eigenvalue weighted by molar-refractivity contribution is -0.130. The molecule has 8 nitrogen and oxygen atoms in total. The number of likely N-dealkylation sites (tertiary alicyclic amines) is 1. The van der Waals surface area contributed by atoms with E-state index < -0.39 is 11.6 Å². The van der Waals surface area contributed by atoms with E-state index in [2.05, 4.69) is 20.8 Å². The van der Waals surface area contributed by atoms with Crippen LogP contribution in [-0.2, 0) is 16.1 Å². The molecule has 0 bridgehead atoms. The van der Waals surface area contributed by atoms with Gasteiger partial charge in [-0.2, -0.15) is 10.2 Å². The first-order chi connectivity index (χ1) is 15.7. The predicted molar refractivity (Wildman–Crippen MR) is 128 cm³/mol. The number of piperidine rings is 1. The number of nitrogens with one attached hydrogen (secondary N) is 2. The number of aromatic nitrogens is 2. The average Bonchev–Trinajstić information content (AvgIpc) is 2.78. The van der Waals surface area contributed by atoms with Crippen molar-refractivity contribution >= 4 is 29.2 Å². The first-order valence-corrected chi connectivity index (χ1v) is 11.6. The molecule has 9 heteroatoms. The first kappa shape index (κ1) is 24.9. The third-order valence-corrected chi connectivity index (χ3v) is 5.79. The Balaban J connectivity index is 1.43. The van der Waals surface area contributed by atoms with Gasteiger partial charge in [0.25, 0.3) is 0 Å². The van der Waals surface area contributed by atoms with Gasteiger partial charge in [-0.05, 0) is 70.3 Å². The Bertz CT molecular complexity index is 941. The maximum atomic E-state index is 12.7. The maximum absolute atomic E-state index is 12.7. The number of anilines is 1. The summed E-state index contributed by atoms with van der Waals surface area (Å²) >= 11 is 6.41. The molecule has 2 heterocycles. The quantitative estimate of drug-likeness (QED) is 0.566. The lowest BCUT2D eigenvalue weighted by Crippen LogP contribution is -2.43. The lowest BCUT2D eigenvalue weighted by atomic mass is 9.96. The zero-order valence-corrected chi connectivity index (χ0v) is 20.2. The van der Waals surface area contributed by atoms with E-state index >= 15 is 0 Å². The predicted octanol–water partition coefficient (Wildman–Crippen LogP) is 3.53. The summed E-state index contributed by atoms with van der Waals surface area (Å²) in [4.78, 5) is 26.9. The fourth-order valence-electron chi connectivity index (χ4n) is 3.66. The highest BCUT2D eigenvalue weighted by Gasteiger charge is 2.24. The Morgan fingerprint density at radius 1 is 1.18 bits per heavy atom. The van der Waals surface area contributed by atoms with Crippen molar-refractivity contribution in [3.05, 3.63) is 52.8 Å². The minimum Gasteiger partial charge on any atom is -0.456 e. The average molecular weight is 474 g/mol. The summed E-state index contributed by atoms with van der Waals surface area (Å²) in [7, 11) is 0. The number of ether oxygens (including phenoxy) is 1. The summed E-state index contributed by atoms with van der Waals surface area (Å²) in [5.41, 5.74) is 1.12. The number of halogens is 1. The van der Waals surface area contributed by atoms with Gasteiger partial charge in [0.2, 0.25) is 5.91 Å². The van der Waals surface area contributed by atoms with Crippen LogP contribution in [0.4, 0.5) is 5.69 Å². The van der Waals surface area contributed by atoms with E-state index in [1.165, 1.54) is 0 Å². The molecular formula is C24H32ClN5O3. The van der Waals surface area contributed by atoms with Crippen LogP contribution in [0.3, 0.4) is 0 Å². The van der Waals surface area contributed by atoms with Crippen LogP contribution in [0.5, 0.6) is 0 Å². The molecule has 3 rings (SSSR count). The zero-order valence-electron chi connectivity index (χ0n) is 19.4. The summed E-state index contributed by atoms with van der Waals surface area (Å²) in [5, 5.41) is 14.7. The highest BCUT2D eigenvalue weighted by atomic mass is 35.5. The fourth-order valence-corrected chi connectivity index (χ4v) is 3.93. The van der Waals surface area contributed by atoms with Crippen molar-refractivity contribution in [2.24, 2.45) is 5.92 Å².